The maximum absolute atomic E-state index is 12.7. The highest BCUT2D eigenvalue weighted by atomic mass is 127. The SMILES string of the molecule is COc1ccc(C(=O)Nc2cccc(C(=O)N3CCN(C)CC3)c2)cc1I. The average molecular weight is 479 g/mol. The van der Waals surface area contributed by atoms with Crippen molar-refractivity contribution in [3.63, 3.8) is 0 Å². The topological polar surface area (TPSA) is 61.9 Å². The largest absolute Gasteiger partial charge is 0.496 e. The van der Waals surface area contributed by atoms with Gasteiger partial charge in [0.25, 0.3) is 11.8 Å². The standard InChI is InChI=1S/C20H22IN3O3/c1-23-8-10-24(11-9-23)20(26)15-4-3-5-16(12-15)22-19(25)14-6-7-18(27-2)17(21)13-14/h3-7,12-13H,8-11H2,1-2H3,(H,22,25). The molecule has 142 valence electrons. The third kappa shape index (κ3) is 4.78. The van der Waals surface area contributed by atoms with Gasteiger partial charge in [0, 0.05) is 43.0 Å². The summed E-state index contributed by atoms with van der Waals surface area (Å²) in [6.07, 6.45) is 0. The summed E-state index contributed by atoms with van der Waals surface area (Å²) in [6, 6.07) is 12.3. The lowest BCUT2D eigenvalue weighted by Crippen LogP contribution is -2.47. The Morgan fingerprint density at radius 1 is 1.04 bits per heavy atom. The minimum Gasteiger partial charge on any atom is -0.496 e. The molecule has 27 heavy (non-hydrogen) atoms. The fraction of sp³-hybridized carbons (Fsp3) is 0.300. The summed E-state index contributed by atoms with van der Waals surface area (Å²) in [7, 11) is 3.65. The van der Waals surface area contributed by atoms with Gasteiger partial charge in [0.15, 0.2) is 0 Å². The van der Waals surface area contributed by atoms with Crippen molar-refractivity contribution in [2.24, 2.45) is 0 Å². The molecular weight excluding hydrogens is 457 g/mol. The van der Waals surface area contributed by atoms with Crippen molar-refractivity contribution in [3.05, 3.63) is 57.2 Å². The van der Waals surface area contributed by atoms with Gasteiger partial charge in [-0.1, -0.05) is 6.07 Å². The second-order valence-corrected chi connectivity index (χ2v) is 7.64. The third-order valence-corrected chi connectivity index (χ3v) is 5.41. The highest BCUT2D eigenvalue weighted by Crippen LogP contribution is 2.22. The molecule has 0 aliphatic carbocycles. The molecule has 0 radical (unpaired) electrons. The maximum atomic E-state index is 12.7. The molecule has 0 atom stereocenters. The van der Waals surface area contributed by atoms with E-state index in [9.17, 15) is 9.59 Å². The van der Waals surface area contributed by atoms with Crippen LogP contribution in [0.5, 0.6) is 5.75 Å². The van der Waals surface area contributed by atoms with Crippen molar-refractivity contribution in [2.75, 3.05) is 45.7 Å². The van der Waals surface area contributed by atoms with Crippen molar-refractivity contribution >= 4 is 40.1 Å². The number of hydrogen-bond donors (Lipinski definition) is 1. The van der Waals surface area contributed by atoms with Crippen LogP contribution in [0.3, 0.4) is 0 Å². The molecule has 1 saturated heterocycles. The molecule has 3 rings (SSSR count). The van der Waals surface area contributed by atoms with Gasteiger partial charge < -0.3 is 19.9 Å². The van der Waals surface area contributed by atoms with Crippen molar-refractivity contribution in [3.8, 4) is 5.75 Å². The van der Waals surface area contributed by atoms with Gasteiger partial charge in [-0.3, -0.25) is 9.59 Å². The van der Waals surface area contributed by atoms with Crippen LogP contribution in [0.2, 0.25) is 0 Å². The fourth-order valence-corrected chi connectivity index (χ4v) is 3.67. The first-order chi connectivity index (χ1) is 13.0. The molecule has 2 amide bonds. The Bertz CT molecular complexity index is 848. The Hall–Kier alpha value is -2.13. The number of amides is 2. The zero-order chi connectivity index (χ0) is 19.4. The van der Waals surface area contributed by atoms with Crippen molar-refractivity contribution < 1.29 is 14.3 Å². The quantitative estimate of drug-likeness (QED) is 0.686. The summed E-state index contributed by atoms with van der Waals surface area (Å²) in [6.45, 7) is 3.18. The van der Waals surface area contributed by atoms with E-state index in [1.807, 2.05) is 4.90 Å². The molecule has 2 aromatic carbocycles. The summed E-state index contributed by atoms with van der Waals surface area (Å²) in [5.74, 6) is 0.505. The van der Waals surface area contributed by atoms with Gasteiger partial charge in [0.1, 0.15) is 5.75 Å². The molecule has 2 aromatic rings. The number of benzene rings is 2. The van der Waals surface area contributed by atoms with E-state index in [-0.39, 0.29) is 11.8 Å². The van der Waals surface area contributed by atoms with Crippen LogP contribution in [0.4, 0.5) is 5.69 Å². The lowest BCUT2D eigenvalue weighted by atomic mass is 10.1. The minimum atomic E-state index is -0.222. The lowest BCUT2D eigenvalue weighted by Gasteiger charge is -2.32. The third-order valence-electron chi connectivity index (χ3n) is 4.57. The Kier molecular flexibility index (Phi) is 6.33. The molecule has 1 heterocycles. The number of methoxy groups -OCH3 is 1. The summed E-state index contributed by atoms with van der Waals surface area (Å²) in [5.41, 5.74) is 1.73. The second kappa shape index (κ2) is 8.71. The number of rotatable bonds is 4. The number of carbonyl (C=O) groups excluding carboxylic acids is 2. The Balaban J connectivity index is 1.71. The normalized spacial score (nSPS) is 14.7. The molecule has 0 bridgehead atoms. The zero-order valence-corrected chi connectivity index (χ0v) is 17.5. The molecule has 0 saturated carbocycles. The van der Waals surface area contributed by atoms with Gasteiger partial charge in [-0.2, -0.15) is 0 Å². The Morgan fingerprint density at radius 2 is 1.78 bits per heavy atom. The zero-order valence-electron chi connectivity index (χ0n) is 15.4. The molecule has 1 aliphatic rings. The first-order valence-electron chi connectivity index (χ1n) is 8.70. The van der Waals surface area contributed by atoms with Crippen LogP contribution in [0, 0.1) is 3.57 Å². The Morgan fingerprint density at radius 3 is 2.44 bits per heavy atom. The van der Waals surface area contributed by atoms with E-state index < -0.39 is 0 Å². The van der Waals surface area contributed by atoms with Gasteiger partial charge in [0.2, 0.25) is 0 Å². The van der Waals surface area contributed by atoms with Crippen LogP contribution < -0.4 is 10.1 Å². The van der Waals surface area contributed by atoms with E-state index in [2.05, 4.69) is 39.9 Å². The lowest BCUT2D eigenvalue weighted by molar-refractivity contribution is 0.0664. The van der Waals surface area contributed by atoms with E-state index in [4.69, 9.17) is 4.74 Å². The predicted molar refractivity (Wildman–Crippen MR) is 114 cm³/mol. The number of piperazine rings is 1. The van der Waals surface area contributed by atoms with Crippen LogP contribution in [0.25, 0.3) is 0 Å². The number of nitrogens with zero attached hydrogens (tertiary/aromatic N) is 2. The number of carbonyl (C=O) groups is 2. The molecule has 1 aliphatic heterocycles. The molecule has 0 aromatic heterocycles. The molecule has 0 spiro atoms. The fourth-order valence-electron chi connectivity index (χ4n) is 2.93. The number of hydrogen-bond acceptors (Lipinski definition) is 4. The highest BCUT2D eigenvalue weighted by Gasteiger charge is 2.20. The molecule has 7 heteroatoms. The number of likely N-dealkylation sites (N-methyl/N-ethyl adjacent to an activating group) is 1. The van der Waals surface area contributed by atoms with E-state index >= 15 is 0 Å². The monoisotopic (exact) mass is 479 g/mol. The van der Waals surface area contributed by atoms with Crippen molar-refractivity contribution in [2.45, 2.75) is 0 Å². The van der Waals surface area contributed by atoms with Crippen LogP contribution in [0.15, 0.2) is 42.5 Å². The minimum absolute atomic E-state index is 0.00167. The first-order valence-corrected chi connectivity index (χ1v) is 9.78. The number of nitrogens with one attached hydrogen (secondary N) is 1. The van der Waals surface area contributed by atoms with Crippen molar-refractivity contribution in [1.29, 1.82) is 0 Å². The smallest absolute Gasteiger partial charge is 0.255 e. The van der Waals surface area contributed by atoms with E-state index in [0.29, 0.717) is 16.8 Å². The number of anilines is 1. The average Bonchev–Trinajstić information content (AvgIpc) is 2.68. The van der Waals surface area contributed by atoms with Crippen LogP contribution in [-0.2, 0) is 0 Å². The molecule has 1 N–H and O–H groups in total. The predicted octanol–water partition coefficient (Wildman–Crippen LogP) is 2.94. The molecular formula is C20H22IN3O3. The van der Waals surface area contributed by atoms with Gasteiger partial charge in [-0.15, -0.1) is 0 Å². The maximum Gasteiger partial charge on any atom is 0.255 e. The Labute approximate surface area is 172 Å². The second-order valence-electron chi connectivity index (χ2n) is 6.48. The van der Waals surface area contributed by atoms with Crippen LogP contribution in [0.1, 0.15) is 20.7 Å². The first kappa shape index (κ1) is 19.6. The van der Waals surface area contributed by atoms with Gasteiger partial charge in [0.05, 0.1) is 10.7 Å². The van der Waals surface area contributed by atoms with Gasteiger partial charge in [-0.25, -0.2) is 0 Å². The highest BCUT2D eigenvalue weighted by molar-refractivity contribution is 14.1. The van der Waals surface area contributed by atoms with Crippen LogP contribution >= 0.6 is 22.6 Å². The van der Waals surface area contributed by atoms with E-state index in [0.717, 1.165) is 35.5 Å². The van der Waals surface area contributed by atoms with E-state index in [1.54, 1.807) is 49.6 Å². The van der Waals surface area contributed by atoms with Crippen LogP contribution in [-0.4, -0.2) is 62.0 Å². The van der Waals surface area contributed by atoms with Gasteiger partial charge in [-0.05, 0) is 66.0 Å². The summed E-state index contributed by atoms with van der Waals surface area (Å²) < 4.78 is 6.08. The van der Waals surface area contributed by atoms with E-state index in [1.165, 1.54) is 0 Å². The summed E-state index contributed by atoms with van der Waals surface area (Å²) in [5, 5.41) is 2.87. The van der Waals surface area contributed by atoms with Crippen molar-refractivity contribution in [1.82, 2.24) is 9.80 Å². The van der Waals surface area contributed by atoms with Gasteiger partial charge >= 0.3 is 0 Å². The molecule has 6 nitrogen and oxygen atoms in total. The number of ether oxygens (including phenoxy) is 1. The summed E-state index contributed by atoms with van der Waals surface area (Å²) in [4.78, 5) is 29.3. The summed E-state index contributed by atoms with van der Waals surface area (Å²) >= 11 is 2.13. The molecule has 1 fully saturated rings. The molecule has 0 unspecified atom stereocenters. The number of halogens is 1.